The molecule has 1 saturated heterocycles. The van der Waals surface area contributed by atoms with E-state index in [1.807, 2.05) is 36.4 Å². The van der Waals surface area contributed by atoms with Crippen molar-refractivity contribution < 1.29 is 22.4 Å². The smallest absolute Gasteiger partial charge is 0.290 e. The van der Waals surface area contributed by atoms with E-state index in [2.05, 4.69) is 4.90 Å². The zero-order valence-electron chi connectivity index (χ0n) is 17.5. The Morgan fingerprint density at radius 3 is 2.39 bits per heavy atom. The molecule has 0 unspecified atom stereocenters. The molecule has 8 heteroatoms. The molecule has 2 aromatic carbocycles. The molecule has 0 spiro atoms. The summed E-state index contributed by atoms with van der Waals surface area (Å²) >= 11 is 0. The van der Waals surface area contributed by atoms with Crippen molar-refractivity contribution in [3.63, 3.8) is 0 Å². The molecule has 0 atom stereocenters. The number of rotatable bonds is 7. The number of carbonyl (C=O) groups is 1. The lowest BCUT2D eigenvalue weighted by atomic mass is 10.1. The Hall–Kier alpha value is -2.84. The van der Waals surface area contributed by atoms with Crippen molar-refractivity contribution in [1.82, 2.24) is 9.80 Å². The molecule has 4 rings (SSSR count). The van der Waals surface area contributed by atoms with Crippen LogP contribution in [0.15, 0.2) is 59.0 Å². The fraction of sp³-hybridized carbons (Fsp3) is 0.348. The van der Waals surface area contributed by atoms with Crippen molar-refractivity contribution in [2.75, 3.05) is 45.6 Å². The molecule has 2 heterocycles. The van der Waals surface area contributed by atoms with Gasteiger partial charge in [-0.15, -0.1) is 0 Å². The van der Waals surface area contributed by atoms with E-state index in [1.165, 1.54) is 6.26 Å². The molecule has 7 nitrogen and oxygen atoms in total. The summed E-state index contributed by atoms with van der Waals surface area (Å²) < 4.78 is 35.5. The highest BCUT2D eigenvalue weighted by molar-refractivity contribution is 7.89. The fourth-order valence-corrected chi connectivity index (χ4v) is 4.62. The number of piperazine rings is 1. The third kappa shape index (κ3) is 5.26. The average Bonchev–Trinajstić information content (AvgIpc) is 3.11. The average molecular weight is 443 g/mol. The van der Waals surface area contributed by atoms with E-state index in [4.69, 9.17) is 9.15 Å². The first-order valence-corrected chi connectivity index (χ1v) is 12.3. The van der Waals surface area contributed by atoms with Gasteiger partial charge in [0.05, 0.1) is 5.75 Å². The fourth-order valence-electron chi connectivity index (χ4n) is 3.80. The lowest BCUT2D eigenvalue weighted by Gasteiger charge is -2.34. The van der Waals surface area contributed by atoms with Gasteiger partial charge in [-0.25, -0.2) is 8.42 Å². The third-order valence-corrected chi connectivity index (χ3v) is 6.19. The van der Waals surface area contributed by atoms with Gasteiger partial charge in [-0.3, -0.25) is 9.69 Å². The summed E-state index contributed by atoms with van der Waals surface area (Å²) in [7, 11) is -3.32. The minimum absolute atomic E-state index is 0.132. The minimum Gasteiger partial charge on any atom is -0.492 e. The summed E-state index contributed by atoms with van der Waals surface area (Å²) in [4.78, 5) is 17.2. The second kappa shape index (κ2) is 9.11. The summed E-state index contributed by atoms with van der Waals surface area (Å²) in [6.07, 6.45) is 1.17. The number of fused-ring (bicyclic) bond motifs is 1. The van der Waals surface area contributed by atoms with E-state index in [9.17, 15) is 13.2 Å². The van der Waals surface area contributed by atoms with E-state index in [0.717, 1.165) is 25.4 Å². The van der Waals surface area contributed by atoms with E-state index in [-0.39, 0.29) is 17.4 Å². The Bertz CT molecular complexity index is 1150. The van der Waals surface area contributed by atoms with Gasteiger partial charge in [0, 0.05) is 49.9 Å². The SMILES string of the molecule is CS(=O)(=O)Cc1c(C(=O)N2CCN(CCOc3ccccc3)CC2)oc2ccccc12. The third-order valence-electron chi connectivity index (χ3n) is 5.38. The molecule has 1 aliphatic heterocycles. The first-order valence-electron chi connectivity index (χ1n) is 10.3. The van der Waals surface area contributed by atoms with Crippen molar-refractivity contribution in [1.29, 1.82) is 0 Å². The van der Waals surface area contributed by atoms with E-state index in [0.29, 0.717) is 36.2 Å². The highest BCUT2D eigenvalue weighted by Crippen LogP contribution is 2.28. The summed E-state index contributed by atoms with van der Waals surface area (Å²) in [5.41, 5.74) is 0.975. The number of sulfone groups is 1. The van der Waals surface area contributed by atoms with Gasteiger partial charge < -0.3 is 14.1 Å². The Labute approximate surface area is 182 Å². The van der Waals surface area contributed by atoms with Crippen LogP contribution in [0.25, 0.3) is 11.0 Å². The Kier molecular flexibility index (Phi) is 6.29. The van der Waals surface area contributed by atoms with Crippen LogP contribution >= 0.6 is 0 Å². The molecule has 0 N–H and O–H groups in total. The number of nitrogens with zero attached hydrogens (tertiary/aromatic N) is 2. The molecule has 0 radical (unpaired) electrons. The number of amides is 1. The van der Waals surface area contributed by atoms with E-state index < -0.39 is 9.84 Å². The maximum Gasteiger partial charge on any atom is 0.290 e. The van der Waals surface area contributed by atoms with Gasteiger partial charge in [-0.2, -0.15) is 0 Å². The van der Waals surface area contributed by atoms with Crippen LogP contribution in [-0.2, 0) is 15.6 Å². The summed E-state index contributed by atoms with van der Waals surface area (Å²) in [5.74, 6) is 0.504. The van der Waals surface area contributed by atoms with Crippen LogP contribution in [0.4, 0.5) is 0 Å². The van der Waals surface area contributed by atoms with Crippen molar-refractivity contribution in [3.8, 4) is 5.75 Å². The molecule has 1 amide bonds. The maximum atomic E-state index is 13.2. The van der Waals surface area contributed by atoms with Crippen LogP contribution in [0.3, 0.4) is 0 Å². The van der Waals surface area contributed by atoms with Crippen molar-refractivity contribution in [3.05, 3.63) is 65.9 Å². The summed E-state index contributed by atoms with van der Waals surface area (Å²) in [6.45, 7) is 3.93. The minimum atomic E-state index is -3.32. The Morgan fingerprint density at radius 1 is 1.00 bits per heavy atom. The molecule has 0 saturated carbocycles. The highest BCUT2D eigenvalue weighted by Gasteiger charge is 2.29. The van der Waals surface area contributed by atoms with Crippen molar-refractivity contribution >= 4 is 26.7 Å². The van der Waals surface area contributed by atoms with E-state index >= 15 is 0 Å². The van der Waals surface area contributed by atoms with Crippen LogP contribution in [0, 0.1) is 0 Å². The normalized spacial score (nSPS) is 15.3. The van der Waals surface area contributed by atoms with Gasteiger partial charge in [-0.05, 0) is 18.2 Å². The first-order chi connectivity index (χ1) is 14.9. The monoisotopic (exact) mass is 442 g/mol. The van der Waals surface area contributed by atoms with Crippen molar-refractivity contribution in [2.45, 2.75) is 5.75 Å². The second-order valence-electron chi connectivity index (χ2n) is 7.77. The highest BCUT2D eigenvalue weighted by atomic mass is 32.2. The van der Waals surface area contributed by atoms with Gasteiger partial charge in [-0.1, -0.05) is 36.4 Å². The predicted molar refractivity (Wildman–Crippen MR) is 119 cm³/mol. The molecule has 1 aliphatic rings. The summed E-state index contributed by atoms with van der Waals surface area (Å²) in [5, 5.41) is 0.674. The van der Waals surface area contributed by atoms with Crippen LogP contribution in [0.1, 0.15) is 16.1 Å². The standard InChI is InChI=1S/C23H26N2O5S/c1-31(27,28)17-20-19-9-5-6-10-21(19)30-22(20)23(26)25-13-11-24(12-14-25)15-16-29-18-7-3-2-4-8-18/h2-10H,11-17H2,1H3. The number of hydrogen-bond acceptors (Lipinski definition) is 6. The molecule has 1 aromatic heterocycles. The molecule has 31 heavy (non-hydrogen) atoms. The molecule has 164 valence electrons. The maximum absolute atomic E-state index is 13.2. The molecular weight excluding hydrogens is 416 g/mol. The molecular formula is C23H26N2O5S. The van der Waals surface area contributed by atoms with Gasteiger partial charge in [0.1, 0.15) is 17.9 Å². The van der Waals surface area contributed by atoms with Crippen LogP contribution in [0.5, 0.6) is 5.75 Å². The van der Waals surface area contributed by atoms with Crippen molar-refractivity contribution in [2.24, 2.45) is 0 Å². The van der Waals surface area contributed by atoms with Crippen LogP contribution < -0.4 is 4.74 Å². The lowest BCUT2D eigenvalue weighted by Crippen LogP contribution is -2.49. The zero-order valence-corrected chi connectivity index (χ0v) is 18.3. The number of furan rings is 1. The zero-order chi connectivity index (χ0) is 21.8. The quantitative estimate of drug-likeness (QED) is 0.560. The molecule has 1 fully saturated rings. The van der Waals surface area contributed by atoms with Gasteiger partial charge in [0.25, 0.3) is 5.91 Å². The first kappa shape index (κ1) is 21.4. The van der Waals surface area contributed by atoms with E-state index in [1.54, 1.807) is 23.1 Å². The van der Waals surface area contributed by atoms with Gasteiger partial charge >= 0.3 is 0 Å². The lowest BCUT2D eigenvalue weighted by molar-refractivity contribution is 0.0591. The number of para-hydroxylation sites is 2. The van der Waals surface area contributed by atoms with Crippen LogP contribution in [-0.4, -0.2) is 69.7 Å². The van der Waals surface area contributed by atoms with Gasteiger partial charge in [0.15, 0.2) is 15.6 Å². The molecule has 0 bridgehead atoms. The number of carbonyl (C=O) groups excluding carboxylic acids is 1. The number of hydrogen-bond donors (Lipinski definition) is 0. The topological polar surface area (TPSA) is 80.1 Å². The van der Waals surface area contributed by atoms with Crippen LogP contribution in [0.2, 0.25) is 0 Å². The summed E-state index contributed by atoms with van der Waals surface area (Å²) in [6, 6.07) is 16.9. The van der Waals surface area contributed by atoms with Gasteiger partial charge in [0.2, 0.25) is 0 Å². The largest absolute Gasteiger partial charge is 0.492 e. The Morgan fingerprint density at radius 2 is 1.68 bits per heavy atom. The molecule has 3 aromatic rings. The second-order valence-corrected chi connectivity index (χ2v) is 9.91. The Balaban J connectivity index is 1.39. The number of ether oxygens (including phenoxy) is 1. The predicted octanol–water partition coefficient (Wildman–Crippen LogP) is 2.81. The molecule has 0 aliphatic carbocycles. The number of benzene rings is 2.